The molecule has 0 saturated heterocycles. The molecular weight excluding hydrogens is 266 g/mol. The van der Waals surface area contributed by atoms with Crippen molar-refractivity contribution in [2.45, 2.75) is 37.8 Å². The standard InChI is InChI=1S/C18H20ClN/c1-13(14-5-3-2-4-6-14)20-18-11-16(12-18)15-7-9-17(19)10-8-15/h2-10,13,16,18,20H,11-12H2,1H3. The summed E-state index contributed by atoms with van der Waals surface area (Å²) in [7, 11) is 0. The molecule has 2 aromatic carbocycles. The molecule has 1 unspecified atom stereocenters. The average Bonchev–Trinajstić information content (AvgIpc) is 2.44. The molecule has 0 aliphatic heterocycles. The van der Waals surface area contributed by atoms with Gasteiger partial charge in [-0.2, -0.15) is 0 Å². The van der Waals surface area contributed by atoms with Crippen LogP contribution in [0.1, 0.15) is 42.9 Å². The number of nitrogens with one attached hydrogen (secondary N) is 1. The van der Waals surface area contributed by atoms with E-state index in [9.17, 15) is 0 Å². The van der Waals surface area contributed by atoms with Crippen LogP contribution in [0.25, 0.3) is 0 Å². The number of halogens is 1. The maximum Gasteiger partial charge on any atom is 0.0406 e. The molecule has 0 radical (unpaired) electrons. The van der Waals surface area contributed by atoms with Crippen LogP contribution >= 0.6 is 11.6 Å². The van der Waals surface area contributed by atoms with E-state index in [1.165, 1.54) is 24.0 Å². The highest BCUT2D eigenvalue weighted by atomic mass is 35.5. The van der Waals surface area contributed by atoms with E-state index in [4.69, 9.17) is 11.6 Å². The summed E-state index contributed by atoms with van der Waals surface area (Å²) in [5, 5.41) is 4.54. The maximum atomic E-state index is 5.93. The van der Waals surface area contributed by atoms with E-state index in [1.807, 2.05) is 12.1 Å². The minimum atomic E-state index is 0.423. The molecule has 2 heteroatoms. The van der Waals surface area contributed by atoms with Crippen molar-refractivity contribution in [1.82, 2.24) is 5.32 Å². The molecule has 0 spiro atoms. The molecule has 0 aromatic heterocycles. The van der Waals surface area contributed by atoms with E-state index < -0.39 is 0 Å². The van der Waals surface area contributed by atoms with E-state index in [0.717, 1.165) is 5.02 Å². The van der Waals surface area contributed by atoms with E-state index in [-0.39, 0.29) is 0 Å². The van der Waals surface area contributed by atoms with Crippen LogP contribution in [0.2, 0.25) is 5.02 Å². The van der Waals surface area contributed by atoms with Gasteiger partial charge in [-0.15, -0.1) is 0 Å². The Labute approximate surface area is 126 Å². The Morgan fingerprint density at radius 3 is 2.30 bits per heavy atom. The quantitative estimate of drug-likeness (QED) is 0.839. The van der Waals surface area contributed by atoms with Crippen molar-refractivity contribution in [3.63, 3.8) is 0 Å². The van der Waals surface area contributed by atoms with Crippen molar-refractivity contribution < 1.29 is 0 Å². The Bertz CT molecular complexity index is 543. The van der Waals surface area contributed by atoms with Gasteiger partial charge in [0.1, 0.15) is 0 Å². The van der Waals surface area contributed by atoms with Crippen molar-refractivity contribution in [1.29, 1.82) is 0 Å². The molecule has 0 amide bonds. The largest absolute Gasteiger partial charge is 0.307 e. The van der Waals surface area contributed by atoms with Gasteiger partial charge >= 0.3 is 0 Å². The van der Waals surface area contributed by atoms with Gasteiger partial charge < -0.3 is 5.32 Å². The molecule has 1 aliphatic carbocycles. The molecule has 20 heavy (non-hydrogen) atoms. The van der Waals surface area contributed by atoms with Gasteiger partial charge in [0.05, 0.1) is 0 Å². The monoisotopic (exact) mass is 285 g/mol. The van der Waals surface area contributed by atoms with Crippen LogP contribution in [0.4, 0.5) is 0 Å². The van der Waals surface area contributed by atoms with Crippen molar-refractivity contribution in [2.24, 2.45) is 0 Å². The Morgan fingerprint density at radius 2 is 1.65 bits per heavy atom. The summed E-state index contributed by atoms with van der Waals surface area (Å²) in [6.07, 6.45) is 2.44. The summed E-state index contributed by atoms with van der Waals surface area (Å²) >= 11 is 5.93. The molecule has 0 bridgehead atoms. The van der Waals surface area contributed by atoms with Crippen LogP contribution < -0.4 is 5.32 Å². The first kappa shape index (κ1) is 13.7. The number of hydrogen-bond acceptors (Lipinski definition) is 1. The Balaban J connectivity index is 1.52. The highest BCUT2D eigenvalue weighted by Crippen LogP contribution is 2.38. The summed E-state index contributed by atoms with van der Waals surface area (Å²) in [5.41, 5.74) is 2.78. The zero-order valence-electron chi connectivity index (χ0n) is 11.7. The van der Waals surface area contributed by atoms with Crippen LogP contribution in [0.3, 0.4) is 0 Å². The fraction of sp³-hybridized carbons (Fsp3) is 0.333. The lowest BCUT2D eigenvalue weighted by Gasteiger charge is -2.38. The first-order valence-electron chi connectivity index (χ1n) is 7.29. The zero-order valence-corrected chi connectivity index (χ0v) is 12.5. The highest BCUT2D eigenvalue weighted by Gasteiger charge is 2.30. The molecule has 2 aromatic rings. The molecule has 0 heterocycles. The molecule has 1 saturated carbocycles. The number of hydrogen-bond donors (Lipinski definition) is 1. The topological polar surface area (TPSA) is 12.0 Å². The summed E-state index contributed by atoms with van der Waals surface area (Å²) in [5.74, 6) is 0.688. The van der Waals surface area contributed by atoms with Gasteiger partial charge in [0.15, 0.2) is 0 Å². The SMILES string of the molecule is CC(NC1CC(c2ccc(Cl)cc2)C1)c1ccccc1. The Hall–Kier alpha value is -1.31. The van der Waals surface area contributed by atoms with E-state index in [2.05, 4.69) is 54.7 Å². The second-order valence-electron chi connectivity index (χ2n) is 5.72. The third kappa shape index (κ3) is 3.05. The molecule has 1 aliphatic rings. The van der Waals surface area contributed by atoms with Gasteiger partial charge in [-0.25, -0.2) is 0 Å². The molecule has 104 valence electrons. The maximum absolute atomic E-state index is 5.93. The van der Waals surface area contributed by atoms with Crippen LogP contribution in [0.5, 0.6) is 0 Å². The van der Waals surface area contributed by atoms with Gasteiger partial charge in [-0.3, -0.25) is 0 Å². The van der Waals surface area contributed by atoms with Crippen molar-refractivity contribution in [2.75, 3.05) is 0 Å². The molecule has 3 rings (SSSR count). The van der Waals surface area contributed by atoms with Crippen LogP contribution in [0.15, 0.2) is 54.6 Å². The second kappa shape index (κ2) is 5.99. The van der Waals surface area contributed by atoms with Crippen LogP contribution in [-0.4, -0.2) is 6.04 Å². The second-order valence-corrected chi connectivity index (χ2v) is 6.15. The summed E-state index contributed by atoms with van der Waals surface area (Å²) in [6.45, 7) is 2.24. The lowest BCUT2D eigenvalue weighted by atomic mass is 9.75. The predicted octanol–water partition coefficient (Wildman–Crippen LogP) is 4.94. The first-order chi connectivity index (χ1) is 9.72. The smallest absolute Gasteiger partial charge is 0.0406 e. The zero-order chi connectivity index (χ0) is 13.9. The summed E-state index contributed by atoms with van der Waals surface area (Å²) < 4.78 is 0. The van der Waals surface area contributed by atoms with Crippen molar-refractivity contribution in [3.05, 3.63) is 70.7 Å². The molecule has 1 N–H and O–H groups in total. The van der Waals surface area contributed by atoms with Crippen LogP contribution in [0, 0.1) is 0 Å². The van der Waals surface area contributed by atoms with Gasteiger partial charge in [0, 0.05) is 17.1 Å². The molecule has 1 atom stereocenters. The van der Waals surface area contributed by atoms with Gasteiger partial charge in [-0.1, -0.05) is 54.1 Å². The third-order valence-corrected chi connectivity index (χ3v) is 4.52. The lowest BCUT2D eigenvalue weighted by molar-refractivity contribution is 0.271. The minimum Gasteiger partial charge on any atom is -0.307 e. The molecule has 1 fully saturated rings. The Morgan fingerprint density at radius 1 is 1.00 bits per heavy atom. The minimum absolute atomic E-state index is 0.423. The van der Waals surface area contributed by atoms with E-state index in [0.29, 0.717) is 18.0 Å². The number of rotatable bonds is 4. The Kier molecular flexibility index (Phi) is 4.09. The highest BCUT2D eigenvalue weighted by molar-refractivity contribution is 6.30. The normalized spacial score (nSPS) is 23.1. The average molecular weight is 286 g/mol. The van der Waals surface area contributed by atoms with E-state index >= 15 is 0 Å². The number of benzene rings is 2. The third-order valence-electron chi connectivity index (χ3n) is 4.26. The van der Waals surface area contributed by atoms with Gasteiger partial charge in [-0.05, 0) is 48.9 Å². The van der Waals surface area contributed by atoms with Crippen LogP contribution in [-0.2, 0) is 0 Å². The van der Waals surface area contributed by atoms with E-state index in [1.54, 1.807) is 0 Å². The van der Waals surface area contributed by atoms with Gasteiger partial charge in [0.2, 0.25) is 0 Å². The van der Waals surface area contributed by atoms with Gasteiger partial charge in [0.25, 0.3) is 0 Å². The predicted molar refractivity (Wildman–Crippen MR) is 85.2 cm³/mol. The summed E-state index contributed by atoms with van der Waals surface area (Å²) in [4.78, 5) is 0. The summed E-state index contributed by atoms with van der Waals surface area (Å²) in [6, 6.07) is 20.0. The fourth-order valence-corrected chi connectivity index (χ4v) is 3.08. The van der Waals surface area contributed by atoms with Crippen molar-refractivity contribution >= 4 is 11.6 Å². The van der Waals surface area contributed by atoms with Crippen molar-refractivity contribution in [3.8, 4) is 0 Å². The molecular formula is C18H20ClN. The first-order valence-corrected chi connectivity index (χ1v) is 7.66. The lowest BCUT2D eigenvalue weighted by Crippen LogP contribution is -2.41. The molecule has 1 nitrogen and oxygen atoms in total. The fourth-order valence-electron chi connectivity index (χ4n) is 2.95.